The second kappa shape index (κ2) is 9.22. The summed E-state index contributed by atoms with van der Waals surface area (Å²) in [4.78, 5) is 17.2. The number of fused-ring (bicyclic) bond motifs is 3. The van der Waals surface area contributed by atoms with E-state index in [4.69, 9.17) is 10.7 Å². The number of benzene rings is 2. The number of carbonyl (C=O) groups is 1. The van der Waals surface area contributed by atoms with Gasteiger partial charge in [-0.25, -0.2) is 4.98 Å². The molecular formula is C20H24Cl2N4O. The van der Waals surface area contributed by atoms with Gasteiger partial charge in [0.05, 0.1) is 11.0 Å². The van der Waals surface area contributed by atoms with Crippen LogP contribution >= 0.6 is 24.8 Å². The maximum absolute atomic E-state index is 12.4. The Kier molecular flexibility index (Phi) is 7.25. The van der Waals surface area contributed by atoms with E-state index in [-0.39, 0.29) is 30.7 Å². The van der Waals surface area contributed by atoms with Gasteiger partial charge >= 0.3 is 0 Å². The van der Waals surface area contributed by atoms with Crippen molar-refractivity contribution in [2.45, 2.75) is 38.3 Å². The largest absolute Gasteiger partial charge is 0.328 e. The van der Waals surface area contributed by atoms with Crippen molar-refractivity contribution in [1.82, 2.24) is 9.55 Å². The molecule has 7 heteroatoms. The summed E-state index contributed by atoms with van der Waals surface area (Å²) in [5.74, 6) is 0.934. The number of nitrogens with one attached hydrogen (secondary N) is 1. The van der Waals surface area contributed by atoms with E-state index in [2.05, 4.69) is 9.88 Å². The molecule has 0 saturated heterocycles. The zero-order chi connectivity index (χ0) is 17.2. The molecule has 0 fully saturated rings. The number of aromatic nitrogens is 2. The van der Waals surface area contributed by atoms with Crippen molar-refractivity contribution in [3.8, 4) is 0 Å². The van der Waals surface area contributed by atoms with Gasteiger partial charge in [0.2, 0.25) is 5.91 Å². The molecule has 1 amide bonds. The molecule has 4 rings (SSSR count). The topological polar surface area (TPSA) is 72.9 Å². The lowest BCUT2D eigenvalue weighted by Gasteiger charge is -2.12. The molecule has 0 saturated carbocycles. The van der Waals surface area contributed by atoms with Crippen LogP contribution < -0.4 is 11.1 Å². The van der Waals surface area contributed by atoms with Crippen LogP contribution in [-0.4, -0.2) is 15.5 Å². The highest BCUT2D eigenvalue weighted by Crippen LogP contribution is 2.25. The smallest absolute Gasteiger partial charge is 0.245 e. The third-order valence-electron chi connectivity index (χ3n) is 4.82. The average Bonchev–Trinajstić information content (AvgIpc) is 2.82. The molecule has 2 aromatic carbocycles. The van der Waals surface area contributed by atoms with Crippen molar-refractivity contribution in [2.24, 2.45) is 5.73 Å². The van der Waals surface area contributed by atoms with E-state index in [0.29, 0.717) is 0 Å². The van der Waals surface area contributed by atoms with Gasteiger partial charge in [0.25, 0.3) is 0 Å². The number of nitrogens with two attached hydrogens (primary N) is 1. The van der Waals surface area contributed by atoms with Crippen LogP contribution in [0, 0.1) is 0 Å². The Morgan fingerprint density at radius 1 is 1.07 bits per heavy atom. The minimum absolute atomic E-state index is 0. The molecule has 27 heavy (non-hydrogen) atoms. The summed E-state index contributed by atoms with van der Waals surface area (Å²) >= 11 is 0. The molecule has 5 nitrogen and oxygen atoms in total. The number of halogens is 2. The first-order valence-electron chi connectivity index (χ1n) is 8.83. The normalized spacial score (nSPS) is 14.3. The van der Waals surface area contributed by atoms with Crippen LogP contribution in [0.2, 0.25) is 0 Å². The van der Waals surface area contributed by atoms with Gasteiger partial charge in [0, 0.05) is 18.7 Å². The SMILES string of the molecule is Cl.Cl.NC(C(=O)Nc1ccc2c(c1)nc1n2CCCCC1)c1ccccc1. The van der Waals surface area contributed by atoms with Crippen molar-refractivity contribution in [3.63, 3.8) is 0 Å². The number of hydrogen-bond acceptors (Lipinski definition) is 3. The van der Waals surface area contributed by atoms with Crippen LogP contribution in [0.15, 0.2) is 48.5 Å². The molecule has 2 heterocycles. The van der Waals surface area contributed by atoms with E-state index in [1.54, 1.807) is 0 Å². The number of imidazole rings is 1. The van der Waals surface area contributed by atoms with E-state index >= 15 is 0 Å². The number of rotatable bonds is 3. The molecule has 0 bridgehead atoms. The van der Waals surface area contributed by atoms with Crippen molar-refractivity contribution < 1.29 is 4.79 Å². The third kappa shape index (κ3) is 4.43. The fraction of sp³-hybridized carbons (Fsp3) is 0.300. The Morgan fingerprint density at radius 2 is 1.85 bits per heavy atom. The Balaban J connectivity index is 0.00000131. The summed E-state index contributed by atoms with van der Waals surface area (Å²) in [7, 11) is 0. The minimum Gasteiger partial charge on any atom is -0.328 e. The molecule has 1 atom stereocenters. The van der Waals surface area contributed by atoms with E-state index in [1.165, 1.54) is 19.3 Å². The van der Waals surface area contributed by atoms with E-state index in [0.717, 1.165) is 41.1 Å². The first-order chi connectivity index (χ1) is 12.2. The number of hydrogen-bond donors (Lipinski definition) is 2. The Bertz CT molecular complexity index is 911. The van der Waals surface area contributed by atoms with Gasteiger partial charge in [-0.15, -0.1) is 24.8 Å². The molecule has 1 aromatic heterocycles. The lowest BCUT2D eigenvalue weighted by atomic mass is 10.1. The minimum atomic E-state index is -0.685. The summed E-state index contributed by atoms with van der Waals surface area (Å²) in [6.45, 7) is 1.02. The summed E-state index contributed by atoms with van der Waals surface area (Å²) in [6.07, 6.45) is 4.67. The van der Waals surface area contributed by atoms with Gasteiger partial charge in [-0.3, -0.25) is 4.79 Å². The molecule has 0 radical (unpaired) electrons. The van der Waals surface area contributed by atoms with Gasteiger partial charge in [0.15, 0.2) is 0 Å². The molecule has 1 aliphatic rings. The number of anilines is 1. The Morgan fingerprint density at radius 3 is 2.63 bits per heavy atom. The van der Waals surface area contributed by atoms with Crippen LogP contribution in [0.25, 0.3) is 11.0 Å². The molecule has 3 N–H and O–H groups in total. The van der Waals surface area contributed by atoms with E-state index in [9.17, 15) is 4.79 Å². The summed E-state index contributed by atoms with van der Waals surface area (Å²) in [6, 6.07) is 14.6. The highest BCUT2D eigenvalue weighted by molar-refractivity contribution is 5.97. The maximum atomic E-state index is 12.4. The van der Waals surface area contributed by atoms with Crippen molar-refractivity contribution >= 4 is 47.4 Å². The average molecular weight is 407 g/mol. The fourth-order valence-corrected chi connectivity index (χ4v) is 3.46. The first kappa shape index (κ1) is 21.2. The van der Waals surface area contributed by atoms with E-state index in [1.807, 2.05) is 48.5 Å². The van der Waals surface area contributed by atoms with Crippen molar-refractivity contribution in [3.05, 3.63) is 59.9 Å². The van der Waals surface area contributed by atoms with E-state index < -0.39 is 6.04 Å². The zero-order valence-corrected chi connectivity index (χ0v) is 16.6. The second-order valence-corrected chi connectivity index (χ2v) is 6.57. The molecule has 1 aliphatic heterocycles. The van der Waals surface area contributed by atoms with Crippen molar-refractivity contribution in [1.29, 1.82) is 0 Å². The van der Waals surface area contributed by atoms with Crippen LogP contribution in [0.1, 0.15) is 36.7 Å². The number of nitrogens with zero attached hydrogens (tertiary/aromatic N) is 2. The Hall–Kier alpha value is -2.08. The highest BCUT2D eigenvalue weighted by atomic mass is 35.5. The molecule has 144 valence electrons. The predicted molar refractivity (Wildman–Crippen MR) is 114 cm³/mol. The monoisotopic (exact) mass is 406 g/mol. The molecule has 0 spiro atoms. The fourth-order valence-electron chi connectivity index (χ4n) is 3.46. The zero-order valence-electron chi connectivity index (χ0n) is 14.9. The maximum Gasteiger partial charge on any atom is 0.245 e. The standard InChI is InChI=1S/C20H22N4O.2ClH/c21-19(14-7-3-1-4-8-14)20(25)22-15-10-11-17-16(13-15)23-18-9-5-2-6-12-24(17)18;;/h1,3-4,7-8,10-11,13,19H,2,5-6,9,12,21H2,(H,22,25);2*1H. The molecule has 0 aliphatic carbocycles. The molecule has 3 aromatic rings. The third-order valence-corrected chi connectivity index (χ3v) is 4.82. The summed E-state index contributed by atoms with van der Waals surface area (Å²) < 4.78 is 2.31. The van der Waals surface area contributed by atoms with Crippen LogP contribution in [0.4, 0.5) is 5.69 Å². The van der Waals surface area contributed by atoms with Crippen LogP contribution in [-0.2, 0) is 17.8 Å². The van der Waals surface area contributed by atoms with Crippen molar-refractivity contribution in [2.75, 3.05) is 5.32 Å². The molecular weight excluding hydrogens is 383 g/mol. The highest BCUT2D eigenvalue weighted by Gasteiger charge is 2.17. The molecule has 1 unspecified atom stereocenters. The van der Waals surface area contributed by atoms with Gasteiger partial charge in [-0.2, -0.15) is 0 Å². The van der Waals surface area contributed by atoms with Crippen LogP contribution in [0.5, 0.6) is 0 Å². The predicted octanol–water partition coefficient (Wildman–Crippen LogP) is 4.24. The number of carbonyl (C=O) groups excluding carboxylic acids is 1. The lowest BCUT2D eigenvalue weighted by molar-refractivity contribution is -0.117. The Labute approximate surface area is 171 Å². The van der Waals surface area contributed by atoms with Crippen LogP contribution in [0.3, 0.4) is 0 Å². The number of aryl methyl sites for hydroxylation is 2. The first-order valence-corrected chi connectivity index (χ1v) is 8.83. The van der Waals surface area contributed by atoms with Gasteiger partial charge < -0.3 is 15.6 Å². The van der Waals surface area contributed by atoms with Gasteiger partial charge in [0.1, 0.15) is 11.9 Å². The second-order valence-electron chi connectivity index (χ2n) is 6.57. The van der Waals surface area contributed by atoms with Gasteiger partial charge in [-0.1, -0.05) is 36.8 Å². The van der Waals surface area contributed by atoms with Gasteiger partial charge in [-0.05, 0) is 36.6 Å². The number of amides is 1. The summed E-state index contributed by atoms with van der Waals surface area (Å²) in [5, 5.41) is 2.91. The summed E-state index contributed by atoms with van der Waals surface area (Å²) in [5.41, 5.74) is 9.67. The lowest BCUT2D eigenvalue weighted by Crippen LogP contribution is -2.27. The quantitative estimate of drug-likeness (QED) is 0.682.